The van der Waals surface area contributed by atoms with Crippen molar-refractivity contribution in [3.8, 4) is 0 Å². The van der Waals surface area contributed by atoms with Gasteiger partial charge >= 0.3 is 0 Å². The van der Waals surface area contributed by atoms with Gasteiger partial charge in [0.2, 0.25) is 10.0 Å². The predicted molar refractivity (Wildman–Crippen MR) is 91.5 cm³/mol. The monoisotopic (exact) mass is 366 g/mol. The molecule has 2 aromatic rings. The highest BCUT2D eigenvalue weighted by atomic mass is 32.2. The molecule has 0 saturated carbocycles. The summed E-state index contributed by atoms with van der Waals surface area (Å²) < 4.78 is 53.4. The third-order valence-electron chi connectivity index (χ3n) is 4.27. The van der Waals surface area contributed by atoms with Crippen LogP contribution in [0.4, 0.5) is 8.78 Å². The maximum atomic E-state index is 13.4. The Morgan fingerprint density at radius 2 is 1.56 bits per heavy atom. The van der Waals surface area contributed by atoms with E-state index in [1.165, 1.54) is 9.87 Å². The number of rotatable bonds is 4. The lowest BCUT2D eigenvalue weighted by Gasteiger charge is -2.22. The third kappa shape index (κ3) is 4.42. The van der Waals surface area contributed by atoms with E-state index in [0.29, 0.717) is 32.1 Å². The Kier molecular flexibility index (Phi) is 5.46. The molecule has 0 aromatic heterocycles. The lowest BCUT2D eigenvalue weighted by molar-refractivity contribution is 0.278. The van der Waals surface area contributed by atoms with Gasteiger partial charge in [0.05, 0.1) is 4.90 Å². The van der Waals surface area contributed by atoms with Gasteiger partial charge in [0.15, 0.2) is 0 Å². The van der Waals surface area contributed by atoms with Gasteiger partial charge in [0.25, 0.3) is 0 Å². The fraction of sp³-hybridized carbons (Fsp3) is 0.333. The molecule has 2 aromatic carbocycles. The maximum absolute atomic E-state index is 13.4. The largest absolute Gasteiger partial charge is 0.298 e. The Hall–Kier alpha value is -1.83. The van der Waals surface area contributed by atoms with Crippen LogP contribution in [0.2, 0.25) is 0 Å². The topological polar surface area (TPSA) is 40.6 Å². The van der Waals surface area contributed by atoms with Crippen LogP contribution in [-0.2, 0) is 16.6 Å². The van der Waals surface area contributed by atoms with E-state index in [-0.39, 0.29) is 4.90 Å². The molecule has 7 heteroatoms. The normalized spacial score (nSPS) is 17.4. The standard InChI is InChI=1S/C18H20F2N2O2S/c19-16-11-17(20)13-18(12-16)25(23,24)22-8-4-7-21(9-10-22)14-15-5-2-1-3-6-15/h1-3,5-6,11-13H,4,7-10,14H2. The highest BCUT2D eigenvalue weighted by Gasteiger charge is 2.27. The predicted octanol–water partition coefficient (Wildman–Crippen LogP) is 2.86. The van der Waals surface area contributed by atoms with Crippen LogP contribution in [0.1, 0.15) is 12.0 Å². The molecule has 0 radical (unpaired) electrons. The molecule has 4 nitrogen and oxygen atoms in total. The summed E-state index contributed by atoms with van der Waals surface area (Å²) in [5.74, 6) is -1.78. The summed E-state index contributed by atoms with van der Waals surface area (Å²) >= 11 is 0. The van der Waals surface area contributed by atoms with Crippen LogP contribution in [-0.4, -0.2) is 43.8 Å². The molecule has 0 bridgehead atoms. The number of hydrogen-bond acceptors (Lipinski definition) is 3. The average Bonchev–Trinajstić information content (AvgIpc) is 2.81. The first-order valence-electron chi connectivity index (χ1n) is 8.18. The summed E-state index contributed by atoms with van der Waals surface area (Å²) in [6.07, 6.45) is 0.670. The molecule has 0 amide bonds. The molecule has 3 rings (SSSR count). The Labute approximate surface area is 146 Å². The van der Waals surface area contributed by atoms with E-state index in [1.807, 2.05) is 30.3 Å². The highest BCUT2D eigenvalue weighted by Crippen LogP contribution is 2.20. The Balaban J connectivity index is 1.71. The molecular formula is C18H20F2N2O2S. The highest BCUT2D eigenvalue weighted by molar-refractivity contribution is 7.89. The van der Waals surface area contributed by atoms with Crippen molar-refractivity contribution >= 4 is 10.0 Å². The molecule has 134 valence electrons. The van der Waals surface area contributed by atoms with Gasteiger partial charge in [0, 0.05) is 32.2 Å². The summed E-state index contributed by atoms with van der Waals surface area (Å²) in [7, 11) is -3.90. The minimum absolute atomic E-state index is 0.299. The van der Waals surface area contributed by atoms with Gasteiger partial charge in [0.1, 0.15) is 11.6 Å². The van der Waals surface area contributed by atoms with E-state index in [9.17, 15) is 17.2 Å². The van der Waals surface area contributed by atoms with Crippen molar-refractivity contribution in [1.29, 1.82) is 0 Å². The average molecular weight is 366 g/mol. The fourth-order valence-corrected chi connectivity index (χ4v) is 4.53. The van der Waals surface area contributed by atoms with Gasteiger partial charge in [-0.2, -0.15) is 4.31 Å². The van der Waals surface area contributed by atoms with Gasteiger partial charge in [-0.05, 0) is 30.7 Å². The molecule has 1 heterocycles. The van der Waals surface area contributed by atoms with E-state index in [1.54, 1.807) is 0 Å². The third-order valence-corrected chi connectivity index (χ3v) is 6.15. The van der Waals surface area contributed by atoms with E-state index < -0.39 is 21.7 Å². The summed E-state index contributed by atoms with van der Waals surface area (Å²) in [5.41, 5.74) is 1.17. The van der Waals surface area contributed by atoms with Crippen molar-refractivity contribution < 1.29 is 17.2 Å². The molecule has 0 N–H and O–H groups in total. The van der Waals surface area contributed by atoms with Crippen molar-refractivity contribution in [3.63, 3.8) is 0 Å². The molecule has 1 fully saturated rings. The zero-order valence-corrected chi connectivity index (χ0v) is 14.6. The molecule has 1 aliphatic rings. The van der Waals surface area contributed by atoms with Crippen LogP contribution >= 0.6 is 0 Å². The van der Waals surface area contributed by atoms with E-state index in [0.717, 1.165) is 25.2 Å². The summed E-state index contributed by atoms with van der Waals surface area (Å²) in [4.78, 5) is 1.86. The fourth-order valence-electron chi connectivity index (χ4n) is 3.01. The maximum Gasteiger partial charge on any atom is 0.243 e. The first kappa shape index (κ1) is 18.0. The van der Waals surface area contributed by atoms with Crippen LogP contribution in [0.5, 0.6) is 0 Å². The van der Waals surface area contributed by atoms with Crippen LogP contribution < -0.4 is 0 Å². The summed E-state index contributed by atoms with van der Waals surface area (Å²) in [6, 6.07) is 12.4. The smallest absolute Gasteiger partial charge is 0.243 e. The first-order valence-corrected chi connectivity index (χ1v) is 9.62. The van der Waals surface area contributed by atoms with Crippen LogP contribution in [0.15, 0.2) is 53.4 Å². The minimum atomic E-state index is -3.90. The summed E-state index contributed by atoms with van der Waals surface area (Å²) in [6.45, 7) is 2.74. The number of hydrogen-bond donors (Lipinski definition) is 0. The van der Waals surface area contributed by atoms with Crippen LogP contribution in [0, 0.1) is 11.6 Å². The lowest BCUT2D eigenvalue weighted by Crippen LogP contribution is -2.35. The van der Waals surface area contributed by atoms with E-state index in [2.05, 4.69) is 4.90 Å². The van der Waals surface area contributed by atoms with Crippen molar-refractivity contribution in [2.24, 2.45) is 0 Å². The van der Waals surface area contributed by atoms with E-state index >= 15 is 0 Å². The van der Waals surface area contributed by atoms with Gasteiger partial charge in [-0.15, -0.1) is 0 Å². The lowest BCUT2D eigenvalue weighted by atomic mass is 10.2. The summed E-state index contributed by atoms with van der Waals surface area (Å²) in [5, 5.41) is 0. The number of halogens is 2. The van der Waals surface area contributed by atoms with Crippen molar-refractivity contribution in [2.75, 3.05) is 26.2 Å². The molecule has 1 aliphatic heterocycles. The minimum Gasteiger partial charge on any atom is -0.298 e. The Bertz CT molecular complexity index is 808. The molecule has 1 saturated heterocycles. The molecule has 25 heavy (non-hydrogen) atoms. The van der Waals surface area contributed by atoms with Crippen LogP contribution in [0.3, 0.4) is 0 Å². The quantitative estimate of drug-likeness (QED) is 0.836. The Morgan fingerprint density at radius 1 is 0.880 bits per heavy atom. The number of nitrogens with zero attached hydrogens (tertiary/aromatic N) is 2. The van der Waals surface area contributed by atoms with Gasteiger partial charge < -0.3 is 0 Å². The second-order valence-electron chi connectivity index (χ2n) is 6.12. The second kappa shape index (κ2) is 7.59. The van der Waals surface area contributed by atoms with Gasteiger partial charge in [-0.25, -0.2) is 17.2 Å². The number of benzene rings is 2. The molecule has 0 spiro atoms. The first-order chi connectivity index (χ1) is 11.9. The van der Waals surface area contributed by atoms with Crippen molar-refractivity contribution in [3.05, 3.63) is 65.7 Å². The zero-order valence-electron chi connectivity index (χ0n) is 13.7. The Morgan fingerprint density at radius 3 is 2.24 bits per heavy atom. The second-order valence-corrected chi connectivity index (χ2v) is 8.06. The van der Waals surface area contributed by atoms with E-state index in [4.69, 9.17) is 0 Å². The van der Waals surface area contributed by atoms with Crippen molar-refractivity contribution in [1.82, 2.24) is 9.21 Å². The molecule has 0 unspecified atom stereocenters. The molecule has 0 aliphatic carbocycles. The van der Waals surface area contributed by atoms with Crippen molar-refractivity contribution in [2.45, 2.75) is 17.9 Å². The SMILES string of the molecule is O=S(=O)(c1cc(F)cc(F)c1)N1CCCN(Cc2ccccc2)CC1. The zero-order chi connectivity index (χ0) is 17.9. The van der Waals surface area contributed by atoms with Crippen LogP contribution in [0.25, 0.3) is 0 Å². The number of sulfonamides is 1. The van der Waals surface area contributed by atoms with Gasteiger partial charge in [-0.1, -0.05) is 30.3 Å². The van der Waals surface area contributed by atoms with Gasteiger partial charge in [-0.3, -0.25) is 4.90 Å². The molecular weight excluding hydrogens is 346 g/mol. The molecule has 0 atom stereocenters.